The van der Waals surface area contributed by atoms with Crippen LogP contribution in [0, 0.1) is 11.8 Å². The fourth-order valence-electron chi connectivity index (χ4n) is 3.93. The van der Waals surface area contributed by atoms with Gasteiger partial charge in [0, 0.05) is 5.92 Å². The molecule has 0 amide bonds. The first-order chi connectivity index (χ1) is 10.4. The number of aromatic nitrogens is 2. The van der Waals surface area contributed by atoms with E-state index in [9.17, 15) is 0 Å². The highest BCUT2D eigenvalue weighted by atomic mass is 32.1. The molecule has 1 heterocycles. The van der Waals surface area contributed by atoms with Gasteiger partial charge in [0.15, 0.2) is 0 Å². The van der Waals surface area contributed by atoms with Gasteiger partial charge in [0.05, 0.1) is 6.04 Å². The summed E-state index contributed by atoms with van der Waals surface area (Å²) in [5.41, 5.74) is 1.26. The number of rotatable bonds is 4. The second-order valence-electron chi connectivity index (χ2n) is 6.25. The molecule has 110 valence electrons. The van der Waals surface area contributed by atoms with Crippen LogP contribution in [0.15, 0.2) is 30.3 Å². The lowest BCUT2D eigenvalue weighted by Gasteiger charge is -2.12. The molecule has 1 aromatic carbocycles. The van der Waals surface area contributed by atoms with Gasteiger partial charge in [0.2, 0.25) is 0 Å². The van der Waals surface area contributed by atoms with E-state index in [2.05, 4.69) is 45.8 Å². The van der Waals surface area contributed by atoms with Crippen LogP contribution in [0.25, 0.3) is 0 Å². The molecule has 0 bridgehead atoms. The van der Waals surface area contributed by atoms with E-state index in [0.717, 1.165) is 16.8 Å². The Morgan fingerprint density at radius 3 is 2.48 bits per heavy atom. The smallest absolute Gasteiger partial charge is 0.139 e. The zero-order valence-corrected chi connectivity index (χ0v) is 13.1. The minimum Gasteiger partial charge on any atom is -0.307 e. The Balaban J connectivity index is 1.56. The van der Waals surface area contributed by atoms with E-state index in [4.69, 9.17) is 0 Å². The zero-order chi connectivity index (χ0) is 14.2. The van der Waals surface area contributed by atoms with Crippen LogP contribution in [0.5, 0.6) is 0 Å². The minimum atomic E-state index is 0.165. The van der Waals surface area contributed by atoms with Gasteiger partial charge in [0.25, 0.3) is 0 Å². The van der Waals surface area contributed by atoms with Gasteiger partial charge in [-0.25, -0.2) is 0 Å². The fourth-order valence-corrected chi connectivity index (χ4v) is 5.17. The average Bonchev–Trinajstić information content (AvgIpc) is 3.09. The molecule has 3 nitrogen and oxygen atoms in total. The maximum Gasteiger partial charge on any atom is 0.139 e. The molecule has 2 fully saturated rings. The maximum absolute atomic E-state index is 4.53. The minimum absolute atomic E-state index is 0.165. The normalized spacial score (nSPS) is 28.9. The number of fused-ring (bicyclic) bond motifs is 1. The van der Waals surface area contributed by atoms with Gasteiger partial charge in [-0.1, -0.05) is 54.5 Å². The van der Waals surface area contributed by atoms with E-state index >= 15 is 0 Å². The summed E-state index contributed by atoms with van der Waals surface area (Å²) in [4.78, 5) is 0. The predicted octanol–water partition coefficient (Wildman–Crippen LogP) is 3.75. The van der Waals surface area contributed by atoms with Crippen molar-refractivity contribution in [3.05, 3.63) is 45.9 Å². The van der Waals surface area contributed by atoms with Crippen molar-refractivity contribution in [1.29, 1.82) is 0 Å². The van der Waals surface area contributed by atoms with Crippen LogP contribution in [-0.4, -0.2) is 17.2 Å². The first-order valence-electron chi connectivity index (χ1n) is 7.94. The van der Waals surface area contributed by atoms with Crippen molar-refractivity contribution < 1.29 is 0 Å². The molecular formula is C17H21N3S. The third-order valence-corrected chi connectivity index (χ3v) is 6.16. The van der Waals surface area contributed by atoms with E-state index in [1.54, 1.807) is 0 Å². The Hall–Kier alpha value is -1.26. The van der Waals surface area contributed by atoms with Crippen molar-refractivity contribution in [3.63, 3.8) is 0 Å². The van der Waals surface area contributed by atoms with Gasteiger partial charge in [0.1, 0.15) is 10.0 Å². The molecule has 1 N–H and O–H groups in total. The van der Waals surface area contributed by atoms with Gasteiger partial charge in [-0.3, -0.25) is 0 Å². The lowest BCUT2D eigenvalue weighted by atomic mass is 10.0. The number of nitrogens with one attached hydrogen (secondary N) is 1. The zero-order valence-electron chi connectivity index (χ0n) is 12.3. The topological polar surface area (TPSA) is 37.8 Å². The number of nitrogens with zero attached hydrogens (tertiary/aromatic N) is 2. The summed E-state index contributed by atoms with van der Waals surface area (Å²) in [7, 11) is 2.00. The highest BCUT2D eigenvalue weighted by molar-refractivity contribution is 7.11. The Labute approximate surface area is 129 Å². The van der Waals surface area contributed by atoms with Crippen molar-refractivity contribution in [3.8, 4) is 0 Å². The molecule has 0 spiro atoms. The van der Waals surface area contributed by atoms with Crippen molar-refractivity contribution in [2.75, 3.05) is 7.05 Å². The molecule has 2 aliphatic rings. The molecule has 21 heavy (non-hydrogen) atoms. The van der Waals surface area contributed by atoms with Gasteiger partial charge in [-0.2, -0.15) is 0 Å². The molecule has 4 rings (SSSR count). The van der Waals surface area contributed by atoms with Crippen LogP contribution in [-0.2, 0) is 0 Å². The summed E-state index contributed by atoms with van der Waals surface area (Å²) in [5, 5.41) is 14.8. The number of benzene rings is 1. The number of hydrogen-bond acceptors (Lipinski definition) is 4. The Morgan fingerprint density at radius 1 is 1.10 bits per heavy atom. The van der Waals surface area contributed by atoms with Crippen LogP contribution >= 0.6 is 11.3 Å². The van der Waals surface area contributed by atoms with E-state index in [1.807, 2.05) is 18.4 Å². The monoisotopic (exact) mass is 299 g/mol. The summed E-state index contributed by atoms with van der Waals surface area (Å²) in [6.45, 7) is 0. The fraction of sp³-hybridized carbons (Fsp3) is 0.529. The van der Waals surface area contributed by atoms with Crippen LogP contribution in [0.2, 0.25) is 0 Å². The lowest BCUT2D eigenvalue weighted by molar-refractivity contribution is 0.480. The van der Waals surface area contributed by atoms with Crippen molar-refractivity contribution in [2.24, 2.45) is 11.8 Å². The van der Waals surface area contributed by atoms with Gasteiger partial charge in [-0.15, -0.1) is 10.2 Å². The quantitative estimate of drug-likeness (QED) is 0.934. The Morgan fingerprint density at radius 2 is 1.81 bits per heavy atom. The standard InChI is InChI=1S/C17H21N3S/c1-18-15(11-7-3-2-4-8-11)17-20-19-16(21-17)14-12-9-5-6-10-13(12)14/h2-4,7-8,12-15,18H,5-6,9-10H2,1H3. The van der Waals surface area contributed by atoms with Crippen molar-refractivity contribution in [1.82, 2.24) is 15.5 Å². The van der Waals surface area contributed by atoms with Crippen molar-refractivity contribution >= 4 is 11.3 Å². The Bertz CT molecular complexity index is 598. The SMILES string of the molecule is CNC(c1ccccc1)c1nnc(C2C3CCCCC32)s1. The molecule has 0 saturated heterocycles. The molecule has 3 atom stereocenters. The van der Waals surface area contributed by atoms with Gasteiger partial charge >= 0.3 is 0 Å². The molecule has 0 aliphatic heterocycles. The third kappa shape index (κ3) is 2.40. The van der Waals surface area contributed by atoms with Crippen LogP contribution in [0.1, 0.15) is 53.2 Å². The lowest BCUT2D eigenvalue weighted by Crippen LogP contribution is -2.17. The molecular weight excluding hydrogens is 278 g/mol. The summed E-state index contributed by atoms with van der Waals surface area (Å²) in [6, 6.07) is 10.7. The molecule has 2 saturated carbocycles. The molecule has 3 unspecified atom stereocenters. The largest absolute Gasteiger partial charge is 0.307 e. The van der Waals surface area contributed by atoms with Crippen LogP contribution < -0.4 is 5.32 Å². The Kier molecular flexibility index (Phi) is 3.51. The number of hydrogen-bond donors (Lipinski definition) is 1. The van der Waals surface area contributed by atoms with Gasteiger partial charge in [-0.05, 0) is 37.3 Å². The summed E-state index contributed by atoms with van der Waals surface area (Å²) in [6.07, 6.45) is 5.62. The highest BCUT2D eigenvalue weighted by Gasteiger charge is 2.53. The van der Waals surface area contributed by atoms with E-state index < -0.39 is 0 Å². The molecule has 1 aromatic heterocycles. The average molecular weight is 299 g/mol. The molecule has 2 aliphatic carbocycles. The second-order valence-corrected chi connectivity index (χ2v) is 7.29. The predicted molar refractivity (Wildman–Crippen MR) is 85.4 cm³/mol. The molecule has 0 radical (unpaired) electrons. The first kappa shape index (κ1) is 13.4. The van der Waals surface area contributed by atoms with Crippen LogP contribution in [0.3, 0.4) is 0 Å². The third-order valence-electron chi connectivity index (χ3n) is 5.07. The van der Waals surface area contributed by atoms with Crippen molar-refractivity contribution in [2.45, 2.75) is 37.6 Å². The van der Waals surface area contributed by atoms with Crippen LogP contribution in [0.4, 0.5) is 0 Å². The summed E-state index contributed by atoms with van der Waals surface area (Å²) < 4.78 is 0. The van der Waals surface area contributed by atoms with Gasteiger partial charge < -0.3 is 5.32 Å². The maximum atomic E-state index is 4.53. The highest BCUT2D eigenvalue weighted by Crippen LogP contribution is 2.61. The first-order valence-corrected chi connectivity index (χ1v) is 8.75. The summed E-state index contributed by atoms with van der Waals surface area (Å²) >= 11 is 1.81. The summed E-state index contributed by atoms with van der Waals surface area (Å²) in [5.74, 6) is 2.53. The molecule has 2 aromatic rings. The van der Waals surface area contributed by atoms with E-state index in [0.29, 0.717) is 5.92 Å². The van der Waals surface area contributed by atoms with E-state index in [1.165, 1.54) is 36.3 Å². The molecule has 4 heteroatoms. The van der Waals surface area contributed by atoms with E-state index in [-0.39, 0.29) is 6.04 Å². The second kappa shape index (κ2) is 5.50.